The number of ether oxygens (including phenoxy) is 2. The summed E-state index contributed by atoms with van der Waals surface area (Å²) < 4.78 is 9.77. The van der Waals surface area contributed by atoms with Gasteiger partial charge in [0.05, 0.1) is 31.2 Å². The third-order valence-electron chi connectivity index (χ3n) is 8.55. The molecule has 53 heavy (non-hydrogen) atoms. The Hall–Kier alpha value is -4.10. The molecule has 0 spiro atoms. The van der Waals surface area contributed by atoms with Gasteiger partial charge in [0.15, 0.2) is 0 Å². The lowest BCUT2D eigenvalue weighted by molar-refractivity contribution is -0.145. The van der Waals surface area contributed by atoms with Crippen molar-refractivity contribution in [2.75, 3.05) is 38.2 Å². The van der Waals surface area contributed by atoms with Crippen LogP contribution in [0.2, 0.25) is 0 Å². The summed E-state index contributed by atoms with van der Waals surface area (Å²) in [6.45, 7) is 3.34. The molecule has 0 aliphatic carbocycles. The molecule has 4 N–H and O–H groups in total. The van der Waals surface area contributed by atoms with Gasteiger partial charge in [-0.05, 0) is 56.7 Å². The lowest BCUT2D eigenvalue weighted by atomic mass is 10.1. The van der Waals surface area contributed by atoms with Crippen LogP contribution in [-0.4, -0.2) is 96.0 Å². The van der Waals surface area contributed by atoms with E-state index in [-0.39, 0.29) is 73.6 Å². The van der Waals surface area contributed by atoms with E-state index in [2.05, 4.69) is 47.0 Å². The van der Waals surface area contributed by atoms with Crippen molar-refractivity contribution in [3.63, 3.8) is 0 Å². The van der Waals surface area contributed by atoms with E-state index in [9.17, 15) is 28.8 Å². The largest absolute Gasteiger partial charge is 1.00 e. The Balaban J connectivity index is 0.00000756. The molecule has 0 saturated carbocycles. The van der Waals surface area contributed by atoms with Gasteiger partial charge in [-0.3, -0.25) is 33.7 Å². The number of nitrogens with one attached hydrogen (secondary N) is 2. The number of nitrogens with two attached hydrogens (primary N) is 1. The standard InChI is InChI=1S/C38H45N4O8PS.BrH/c1-3-49-35(45)25-40-36(46)31(41-33(43)21-20-30(39)38(48)50-4-2)26-52-32-24-34(44)42(37(32)47)22-23-51(27-14-8-5-9-15-27,28-16-10-6-11-17-28)29-18-12-7-13-19-29;/h5-19,30-32H,3-4,20-26,39H2,1-2H3,(H-,40,41,43,46);1H. The molecule has 15 heteroatoms. The maximum atomic E-state index is 13.8. The minimum atomic E-state index is -2.31. The first-order valence-corrected chi connectivity index (χ1v) is 20.3. The monoisotopic (exact) mass is 828 g/mol. The Labute approximate surface area is 325 Å². The number of thioether (sulfide) groups is 1. The zero-order chi connectivity index (χ0) is 37.5. The second-order valence-corrected chi connectivity index (χ2v) is 16.8. The van der Waals surface area contributed by atoms with Gasteiger partial charge in [0, 0.05) is 18.6 Å². The van der Waals surface area contributed by atoms with Crippen molar-refractivity contribution in [3.8, 4) is 0 Å². The molecule has 12 nitrogen and oxygen atoms in total. The van der Waals surface area contributed by atoms with Crippen molar-refractivity contribution in [2.24, 2.45) is 5.73 Å². The SMILES string of the molecule is CCOC(=O)CNC(=O)C(CSC1CC(=O)N(CC[P+](c2ccccc2)(c2ccccc2)c2ccccc2)C1=O)NC(=O)CCC(N)C(=O)OCC.[Br-]. The number of benzene rings is 3. The van der Waals surface area contributed by atoms with Crippen LogP contribution in [0.3, 0.4) is 0 Å². The van der Waals surface area contributed by atoms with E-state index in [4.69, 9.17) is 15.2 Å². The number of carbonyl (C=O) groups excluding carboxylic acids is 6. The first kappa shape index (κ1) is 43.3. The number of hydrogen-bond acceptors (Lipinski definition) is 10. The Morgan fingerprint density at radius 2 is 1.40 bits per heavy atom. The number of hydrogen-bond donors (Lipinski definition) is 3. The highest BCUT2D eigenvalue weighted by Crippen LogP contribution is 2.55. The fourth-order valence-electron chi connectivity index (χ4n) is 5.96. The molecule has 1 saturated heterocycles. The third kappa shape index (κ3) is 11.7. The normalized spacial score (nSPS) is 15.2. The van der Waals surface area contributed by atoms with Gasteiger partial charge in [0.25, 0.3) is 0 Å². The Morgan fingerprint density at radius 3 is 1.91 bits per heavy atom. The van der Waals surface area contributed by atoms with Crippen LogP contribution in [0.5, 0.6) is 0 Å². The number of nitrogens with zero attached hydrogens (tertiary/aromatic N) is 1. The second-order valence-electron chi connectivity index (χ2n) is 12.0. The van der Waals surface area contributed by atoms with Gasteiger partial charge in [0.1, 0.15) is 41.8 Å². The number of carbonyl (C=O) groups is 6. The van der Waals surface area contributed by atoms with E-state index < -0.39 is 54.9 Å². The maximum Gasteiger partial charge on any atom is 0.325 e. The van der Waals surface area contributed by atoms with Crippen LogP contribution in [0.15, 0.2) is 91.0 Å². The Morgan fingerprint density at radius 1 is 0.868 bits per heavy atom. The number of rotatable bonds is 19. The first-order valence-electron chi connectivity index (χ1n) is 17.3. The Bertz CT molecular complexity index is 1590. The van der Waals surface area contributed by atoms with Gasteiger partial charge >= 0.3 is 11.9 Å². The summed E-state index contributed by atoms with van der Waals surface area (Å²) in [5, 5.41) is 7.70. The smallest absolute Gasteiger partial charge is 0.325 e. The van der Waals surface area contributed by atoms with Crippen molar-refractivity contribution in [1.82, 2.24) is 15.5 Å². The second kappa shape index (κ2) is 21.6. The molecule has 0 aromatic heterocycles. The molecule has 1 aliphatic rings. The molecule has 284 valence electrons. The van der Waals surface area contributed by atoms with Crippen molar-refractivity contribution >= 4 is 70.5 Å². The van der Waals surface area contributed by atoms with E-state index in [0.717, 1.165) is 27.7 Å². The number of amides is 4. The quantitative estimate of drug-likeness (QED) is 0.0748. The fraction of sp³-hybridized carbons (Fsp3) is 0.368. The highest BCUT2D eigenvalue weighted by atomic mass is 79.9. The fourth-order valence-corrected chi connectivity index (χ4v) is 11.4. The summed E-state index contributed by atoms with van der Waals surface area (Å²) in [5.74, 6) is -3.25. The predicted molar refractivity (Wildman–Crippen MR) is 203 cm³/mol. The first-order chi connectivity index (χ1) is 25.1. The highest BCUT2D eigenvalue weighted by Gasteiger charge is 2.48. The molecule has 1 aliphatic heterocycles. The average Bonchev–Trinajstić information content (AvgIpc) is 3.44. The van der Waals surface area contributed by atoms with Gasteiger partial charge in [-0.25, -0.2) is 0 Å². The maximum absolute atomic E-state index is 13.8. The molecule has 3 aromatic carbocycles. The molecule has 3 aromatic rings. The summed E-state index contributed by atoms with van der Waals surface area (Å²) in [4.78, 5) is 78.3. The number of likely N-dealkylation sites (tertiary alicyclic amines) is 1. The van der Waals surface area contributed by atoms with Crippen molar-refractivity contribution in [3.05, 3.63) is 91.0 Å². The summed E-state index contributed by atoms with van der Waals surface area (Å²) in [5.41, 5.74) is 5.82. The van der Waals surface area contributed by atoms with Gasteiger partial charge in [-0.2, -0.15) is 0 Å². The van der Waals surface area contributed by atoms with Crippen LogP contribution in [0.1, 0.15) is 33.1 Å². The van der Waals surface area contributed by atoms with Crippen LogP contribution in [-0.2, 0) is 38.2 Å². The molecule has 4 rings (SSSR count). The molecule has 0 radical (unpaired) electrons. The topological polar surface area (TPSA) is 174 Å². The van der Waals surface area contributed by atoms with Crippen LogP contribution in [0.25, 0.3) is 0 Å². The predicted octanol–water partition coefficient (Wildman–Crippen LogP) is -1.32. The van der Waals surface area contributed by atoms with Gasteiger partial charge < -0.3 is 42.8 Å². The van der Waals surface area contributed by atoms with Gasteiger partial charge in [-0.15, -0.1) is 11.8 Å². The van der Waals surface area contributed by atoms with Gasteiger partial charge in [0.2, 0.25) is 23.6 Å². The number of halogens is 1. The van der Waals surface area contributed by atoms with Crippen molar-refractivity contribution < 1.29 is 55.2 Å². The van der Waals surface area contributed by atoms with Gasteiger partial charge in [-0.1, -0.05) is 54.6 Å². The van der Waals surface area contributed by atoms with Crippen molar-refractivity contribution in [2.45, 2.75) is 50.4 Å². The molecule has 4 amide bonds. The third-order valence-corrected chi connectivity index (χ3v) is 14.3. The average molecular weight is 830 g/mol. The lowest BCUT2D eigenvalue weighted by Gasteiger charge is -2.29. The zero-order valence-corrected chi connectivity index (χ0v) is 33.1. The summed E-state index contributed by atoms with van der Waals surface area (Å²) in [6.07, 6.45) is 0.286. The van der Waals surface area contributed by atoms with E-state index in [1.54, 1.807) is 13.8 Å². The summed E-state index contributed by atoms with van der Waals surface area (Å²) in [6, 6.07) is 28.4. The Kier molecular flexibility index (Phi) is 17.6. The number of imide groups is 1. The van der Waals surface area contributed by atoms with Crippen LogP contribution >= 0.6 is 19.0 Å². The summed E-state index contributed by atoms with van der Waals surface area (Å²) in [7, 11) is -2.31. The molecule has 0 bridgehead atoms. The van der Waals surface area contributed by atoms with E-state index in [1.165, 1.54) is 4.90 Å². The number of esters is 2. The molecule has 3 atom stereocenters. The minimum absolute atomic E-state index is 0. The van der Waals surface area contributed by atoms with Crippen LogP contribution in [0, 0.1) is 0 Å². The van der Waals surface area contributed by atoms with E-state index in [1.807, 2.05) is 54.6 Å². The van der Waals surface area contributed by atoms with Crippen LogP contribution < -0.4 is 49.3 Å². The minimum Gasteiger partial charge on any atom is -1.00 e. The van der Waals surface area contributed by atoms with Crippen LogP contribution in [0.4, 0.5) is 0 Å². The molecular formula is C38H46BrN4O8PS. The molecule has 3 unspecified atom stereocenters. The van der Waals surface area contributed by atoms with Crippen molar-refractivity contribution in [1.29, 1.82) is 0 Å². The van der Waals surface area contributed by atoms with E-state index in [0.29, 0.717) is 6.16 Å². The molecule has 1 heterocycles. The zero-order valence-electron chi connectivity index (χ0n) is 29.8. The van der Waals surface area contributed by atoms with E-state index >= 15 is 0 Å². The molecule has 1 fully saturated rings. The lowest BCUT2D eigenvalue weighted by Crippen LogP contribution is -3.00. The summed E-state index contributed by atoms with van der Waals surface area (Å²) >= 11 is 1.09. The highest BCUT2D eigenvalue weighted by molar-refractivity contribution is 8.00. The molecular weight excluding hydrogens is 783 g/mol.